The van der Waals surface area contributed by atoms with Gasteiger partial charge in [0.05, 0.1) is 36.8 Å². The van der Waals surface area contributed by atoms with Crippen LogP contribution in [-0.4, -0.2) is 55.2 Å². The minimum absolute atomic E-state index is 0.163. The largest absolute Gasteiger partial charge is 0.497 e. The molecule has 0 bridgehead atoms. The summed E-state index contributed by atoms with van der Waals surface area (Å²) in [7, 11) is 1.61. The van der Waals surface area contributed by atoms with E-state index in [1.165, 1.54) is 0 Å². The van der Waals surface area contributed by atoms with Crippen molar-refractivity contribution in [1.82, 2.24) is 15.6 Å². The molecule has 9 nitrogen and oxygen atoms in total. The maximum Gasteiger partial charge on any atom is 0.328 e. The number of methoxy groups -OCH3 is 1. The molecule has 0 saturated heterocycles. The number of amides is 2. The number of pyridine rings is 1. The maximum absolute atomic E-state index is 13.7. The van der Waals surface area contributed by atoms with Crippen molar-refractivity contribution in [3.8, 4) is 22.8 Å². The van der Waals surface area contributed by atoms with Crippen LogP contribution in [0.25, 0.3) is 22.2 Å². The van der Waals surface area contributed by atoms with Gasteiger partial charge in [0.25, 0.3) is 0 Å². The van der Waals surface area contributed by atoms with Gasteiger partial charge in [-0.15, -0.1) is 0 Å². The maximum atomic E-state index is 13.7. The quantitative estimate of drug-likeness (QED) is 0.289. The Morgan fingerprint density at radius 2 is 1.73 bits per heavy atom. The molecule has 1 fully saturated rings. The molecule has 2 N–H and O–H groups in total. The lowest BCUT2D eigenvalue weighted by Gasteiger charge is -2.22. The van der Waals surface area contributed by atoms with Crippen molar-refractivity contribution in [2.24, 2.45) is 11.8 Å². The first kappa shape index (κ1) is 31.0. The van der Waals surface area contributed by atoms with Gasteiger partial charge in [0.15, 0.2) is 0 Å². The average Bonchev–Trinajstić information content (AvgIpc) is 3.47. The number of allylic oxidation sites excluding steroid dienone is 2. The van der Waals surface area contributed by atoms with Crippen LogP contribution in [0.1, 0.15) is 51.9 Å². The van der Waals surface area contributed by atoms with Gasteiger partial charge in [-0.2, -0.15) is 0 Å². The van der Waals surface area contributed by atoms with E-state index < -0.39 is 30.0 Å². The second kappa shape index (κ2) is 14.9. The van der Waals surface area contributed by atoms with Crippen LogP contribution in [0.4, 0.5) is 0 Å². The van der Waals surface area contributed by atoms with Crippen molar-refractivity contribution in [1.29, 1.82) is 0 Å². The van der Waals surface area contributed by atoms with Gasteiger partial charge in [-0.05, 0) is 64.0 Å². The third-order valence-electron chi connectivity index (χ3n) is 8.31. The molecule has 2 heterocycles. The summed E-state index contributed by atoms with van der Waals surface area (Å²) < 4.78 is 17.3. The number of nitrogens with one attached hydrogen (secondary N) is 2. The second-order valence-corrected chi connectivity index (χ2v) is 11.3. The lowest BCUT2D eigenvalue weighted by molar-refractivity contribution is -0.148. The first-order valence-corrected chi connectivity index (χ1v) is 15.6. The number of benzene rings is 2. The topological polar surface area (TPSA) is 116 Å². The van der Waals surface area contributed by atoms with Crippen LogP contribution >= 0.6 is 0 Å². The number of rotatable bonds is 6. The molecule has 1 aromatic heterocycles. The zero-order chi connectivity index (χ0) is 30.9. The van der Waals surface area contributed by atoms with Gasteiger partial charge in [-0.25, -0.2) is 9.78 Å². The van der Waals surface area contributed by atoms with Crippen LogP contribution in [0, 0.1) is 11.8 Å². The molecule has 0 radical (unpaired) electrons. The molecule has 1 saturated carbocycles. The summed E-state index contributed by atoms with van der Waals surface area (Å²) in [6.07, 6.45) is 8.19. The van der Waals surface area contributed by atoms with Gasteiger partial charge in [0, 0.05) is 29.6 Å². The van der Waals surface area contributed by atoms with Gasteiger partial charge >= 0.3 is 5.97 Å². The van der Waals surface area contributed by atoms with Gasteiger partial charge in [0.1, 0.15) is 23.6 Å². The number of carbonyl (C=O) groups is 3. The molecule has 44 heavy (non-hydrogen) atoms. The summed E-state index contributed by atoms with van der Waals surface area (Å²) in [5, 5.41) is 6.76. The summed E-state index contributed by atoms with van der Waals surface area (Å²) in [5.41, 5.74) is 2.40. The molecule has 9 heteroatoms. The van der Waals surface area contributed by atoms with Crippen molar-refractivity contribution in [3.63, 3.8) is 0 Å². The van der Waals surface area contributed by atoms with Gasteiger partial charge < -0.3 is 24.8 Å². The fourth-order valence-corrected chi connectivity index (χ4v) is 6.00. The number of esters is 1. The fraction of sp³-hybridized carbons (Fsp3) is 0.429. The number of ether oxygens (including phenoxy) is 3. The highest BCUT2D eigenvalue weighted by molar-refractivity contribution is 5.91. The van der Waals surface area contributed by atoms with Gasteiger partial charge in [0.2, 0.25) is 11.8 Å². The summed E-state index contributed by atoms with van der Waals surface area (Å²) >= 11 is 0. The molecule has 1 aliphatic carbocycles. The van der Waals surface area contributed by atoms with Crippen molar-refractivity contribution >= 4 is 28.7 Å². The highest BCUT2D eigenvalue weighted by Gasteiger charge is 2.44. The normalized spacial score (nSPS) is 23.0. The molecule has 2 amide bonds. The second-order valence-electron chi connectivity index (χ2n) is 11.3. The molecule has 3 aromatic rings. The molecular formula is C35H41N3O6. The first-order valence-electron chi connectivity index (χ1n) is 15.6. The fourth-order valence-electron chi connectivity index (χ4n) is 6.00. The van der Waals surface area contributed by atoms with E-state index in [9.17, 15) is 14.4 Å². The molecule has 4 atom stereocenters. The lowest BCUT2D eigenvalue weighted by Crippen LogP contribution is -2.47. The SMILES string of the molecule is CCOC(=O)C1CCC=CCCCCNC(=O)C2CC(Oc3cc(-c4ccccc4)nc4cc(OC)ccc34)CC2C(=O)N1. The van der Waals surface area contributed by atoms with E-state index in [0.717, 1.165) is 41.4 Å². The highest BCUT2D eigenvalue weighted by atomic mass is 16.5. The predicted molar refractivity (Wildman–Crippen MR) is 168 cm³/mol. The first-order chi connectivity index (χ1) is 21.5. The monoisotopic (exact) mass is 599 g/mol. The Balaban J connectivity index is 1.43. The van der Waals surface area contributed by atoms with Crippen LogP contribution in [-0.2, 0) is 19.1 Å². The molecule has 2 aromatic carbocycles. The Morgan fingerprint density at radius 1 is 0.955 bits per heavy atom. The Kier molecular flexibility index (Phi) is 10.5. The summed E-state index contributed by atoms with van der Waals surface area (Å²) in [5.74, 6) is -0.891. The molecule has 5 rings (SSSR count). The van der Waals surface area contributed by atoms with E-state index >= 15 is 0 Å². The Bertz CT molecular complexity index is 1490. The van der Waals surface area contributed by atoms with Crippen LogP contribution in [0.15, 0.2) is 66.7 Å². The van der Waals surface area contributed by atoms with Crippen molar-refractivity contribution in [3.05, 3.63) is 66.7 Å². The van der Waals surface area contributed by atoms with Crippen LogP contribution in [0.2, 0.25) is 0 Å². The number of nitrogens with zero attached hydrogens (tertiary/aromatic N) is 1. The van der Waals surface area contributed by atoms with Crippen LogP contribution in [0.3, 0.4) is 0 Å². The molecule has 1 aliphatic heterocycles. The van der Waals surface area contributed by atoms with Crippen molar-refractivity contribution < 1.29 is 28.6 Å². The van der Waals surface area contributed by atoms with E-state index in [-0.39, 0.29) is 18.4 Å². The molecule has 0 spiro atoms. The van der Waals surface area contributed by atoms with E-state index in [1.807, 2.05) is 60.7 Å². The van der Waals surface area contributed by atoms with E-state index in [1.54, 1.807) is 14.0 Å². The van der Waals surface area contributed by atoms with Gasteiger partial charge in [-0.1, -0.05) is 42.5 Å². The number of fused-ring (bicyclic) bond motifs is 2. The smallest absolute Gasteiger partial charge is 0.328 e. The lowest BCUT2D eigenvalue weighted by atomic mass is 9.93. The highest BCUT2D eigenvalue weighted by Crippen LogP contribution is 2.39. The minimum atomic E-state index is -0.784. The van der Waals surface area contributed by atoms with Gasteiger partial charge in [-0.3, -0.25) is 9.59 Å². The van der Waals surface area contributed by atoms with E-state index in [0.29, 0.717) is 43.7 Å². The van der Waals surface area contributed by atoms with E-state index in [4.69, 9.17) is 19.2 Å². The summed E-state index contributed by atoms with van der Waals surface area (Å²) in [6, 6.07) is 16.6. The van der Waals surface area contributed by atoms with Crippen LogP contribution < -0.4 is 20.1 Å². The Hall–Kier alpha value is -4.40. The number of carbonyl (C=O) groups excluding carboxylic acids is 3. The zero-order valence-corrected chi connectivity index (χ0v) is 25.4. The number of aromatic nitrogens is 1. The van der Waals surface area contributed by atoms with Crippen molar-refractivity contribution in [2.45, 2.75) is 64.0 Å². The molecule has 232 valence electrons. The van der Waals surface area contributed by atoms with Crippen LogP contribution in [0.5, 0.6) is 11.5 Å². The molecule has 2 aliphatic rings. The number of hydrogen-bond donors (Lipinski definition) is 2. The summed E-state index contributed by atoms with van der Waals surface area (Å²) in [4.78, 5) is 44.8. The minimum Gasteiger partial charge on any atom is -0.497 e. The third kappa shape index (κ3) is 7.56. The van der Waals surface area contributed by atoms with E-state index in [2.05, 4.69) is 16.7 Å². The average molecular weight is 600 g/mol. The standard InChI is InChI=1S/C35H41N3O6/c1-3-43-35(41)29-15-11-6-4-5-7-12-18-36-33(39)27-19-25(20-28(27)34(40)38-29)44-32-22-30(23-13-9-8-10-14-23)37-31-21-24(42-2)16-17-26(31)32/h4,6,8-10,13-14,16-17,21-22,25,27-29H,3,5,7,11-12,15,18-20H2,1-2H3,(H,36,39)(H,38,40). The van der Waals surface area contributed by atoms with Crippen molar-refractivity contribution in [2.75, 3.05) is 20.3 Å². The third-order valence-corrected chi connectivity index (χ3v) is 8.31. The molecular weight excluding hydrogens is 558 g/mol. The zero-order valence-electron chi connectivity index (χ0n) is 25.4. The molecule has 4 unspecified atom stereocenters. The predicted octanol–water partition coefficient (Wildman–Crippen LogP) is 5.37. The number of hydrogen-bond acceptors (Lipinski definition) is 7. The Morgan fingerprint density at radius 3 is 2.50 bits per heavy atom. The summed E-state index contributed by atoms with van der Waals surface area (Å²) in [6.45, 7) is 2.52. The Labute approximate surface area is 258 Å².